The molecule has 0 aromatic heterocycles. The first-order valence-electron chi connectivity index (χ1n) is 7.85. The Morgan fingerprint density at radius 1 is 1.17 bits per heavy atom. The first kappa shape index (κ1) is 18.2. The van der Waals surface area contributed by atoms with Crippen molar-refractivity contribution in [1.82, 2.24) is 9.80 Å². The average Bonchev–Trinajstić information content (AvgIpc) is 2.55. The van der Waals surface area contributed by atoms with Gasteiger partial charge in [0.05, 0.1) is 11.5 Å². The number of sulfone groups is 1. The molecule has 2 rings (SSSR count). The van der Waals surface area contributed by atoms with Gasteiger partial charge >= 0.3 is 0 Å². The molecule has 7 heteroatoms. The lowest BCUT2D eigenvalue weighted by Crippen LogP contribution is -2.48. The van der Waals surface area contributed by atoms with E-state index in [2.05, 4.69) is 11.8 Å². The molecular weight excluding hydrogens is 336 g/mol. The van der Waals surface area contributed by atoms with Crippen LogP contribution in [0.15, 0.2) is 24.3 Å². The monoisotopic (exact) mass is 358 g/mol. The van der Waals surface area contributed by atoms with Gasteiger partial charge in [-0.05, 0) is 18.2 Å². The number of likely N-dealkylation sites (N-methyl/N-ethyl adjacent to an activating group) is 1. The Balaban J connectivity index is 1.85. The van der Waals surface area contributed by atoms with Crippen LogP contribution in [0.5, 0.6) is 0 Å². The second kappa shape index (κ2) is 8.13. The van der Waals surface area contributed by atoms with Gasteiger partial charge in [-0.15, -0.1) is 0 Å². The van der Waals surface area contributed by atoms with Crippen molar-refractivity contribution in [2.24, 2.45) is 0 Å². The molecule has 0 spiro atoms. The molecule has 1 aliphatic heterocycles. The van der Waals surface area contributed by atoms with Gasteiger partial charge in [0.25, 0.3) is 0 Å². The summed E-state index contributed by atoms with van der Waals surface area (Å²) in [6.45, 7) is 6.14. The minimum atomic E-state index is -3.35. The van der Waals surface area contributed by atoms with Crippen LogP contribution in [0.2, 0.25) is 5.02 Å². The summed E-state index contributed by atoms with van der Waals surface area (Å²) in [4.78, 5) is 16.2. The molecule has 128 valence electrons. The third-order valence-electron chi connectivity index (χ3n) is 4.13. The van der Waals surface area contributed by atoms with Crippen molar-refractivity contribution in [3.8, 4) is 0 Å². The summed E-state index contributed by atoms with van der Waals surface area (Å²) in [7, 11) is -3.35. The normalized spacial score (nSPS) is 16.5. The van der Waals surface area contributed by atoms with Crippen molar-refractivity contribution in [1.29, 1.82) is 0 Å². The lowest BCUT2D eigenvalue weighted by Gasteiger charge is -2.34. The van der Waals surface area contributed by atoms with Crippen molar-refractivity contribution in [2.45, 2.75) is 19.1 Å². The molecule has 0 radical (unpaired) electrons. The lowest BCUT2D eigenvalue weighted by molar-refractivity contribution is -0.132. The number of carbonyl (C=O) groups is 1. The third-order valence-corrected chi connectivity index (χ3v) is 6.08. The van der Waals surface area contributed by atoms with Crippen LogP contribution in [0.4, 0.5) is 0 Å². The summed E-state index contributed by atoms with van der Waals surface area (Å²) in [5.74, 6) is -0.335. The van der Waals surface area contributed by atoms with Crippen molar-refractivity contribution >= 4 is 27.3 Å². The van der Waals surface area contributed by atoms with Gasteiger partial charge in [-0.1, -0.05) is 36.7 Å². The van der Waals surface area contributed by atoms with Crippen molar-refractivity contribution in [2.75, 3.05) is 38.5 Å². The molecular formula is C16H23ClN2O3S. The predicted molar refractivity (Wildman–Crippen MR) is 92.3 cm³/mol. The number of carbonyl (C=O) groups excluding carboxylic acids is 1. The number of nitrogens with zero attached hydrogens (tertiary/aromatic N) is 2. The fraction of sp³-hybridized carbons (Fsp3) is 0.562. The Labute approximate surface area is 143 Å². The highest BCUT2D eigenvalue weighted by Crippen LogP contribution is 2.18. The molecule has 1 heterocycles. The fourth-order valence-corrected chi connectivity index (χ4v) is 4.28. The molecule has 1 aromatic carbocycles. The highest BCUT2D eigenvalue weighted by atomic mass is 35.5. The molecule has 0 aliphatic carbocycles. The summed E-state index contributed by atoms with van der Waals surface area (Å²) in [5, 5.41) is 0.443. The van der Waals surface area contributed by atoms with Crippen LogP contribution < -0.4 is 0 Å². The zero-order chi connectivity index (χ0) is 16.9. The molecule has 1 aromatic rings. The van der Waals surface area contributed by atoms with Crippen LogP contribution in [0, 0.1) is 0 Å². The van der Waals surface area contributed by atoms with Gasteiger partial charge in [-0.2, -0.15) is 0 Å². The smallest absolute Gasteiger partial charge is 0.223 e. The quantitative estimate of drug-likeness (QED) is 0.778. The summed E-state index contributed by atoms with van der Waals surface area (Å²) in [6, 6.07) is 6.89. The van der Waals surface area contributed by atoms with Crippen molar-refractivity contribution in [3.63, 3.8) is 0 Å². The van der Waals surface area contributed by atoms with E-state index in [1.807, 2.05) is 0 Å². The van der Waals surface area contributed by atoms with Crippen LogP contribution in [0.3, 0.4) is 0 Å². The van der Waals surface area contributed by atoms with E-state index in [-0.39, 0.29) is 23.8 Å². The van der Waals surface area contributed by atoms with Crippen LogP contribution in [0.25, 0.3) is 0 Å². The molecule has 0 bridgehead atoms. The molecule has 23 heavy (non-hydrogen) atoms. The van der Waals surface area contributed by atoms with E-state index in [0.717, 1.165) is 19.6 Å². The molecule has 1 amide bonds. The third kappa shape index (κ3) is 5.48. The maximum atomic E-state index is 12.2. The van der Waals surface area contributed by atoms with Gasteiger partial charge in [0.15, 0.2) is 9.84 Å². The first-order chi connectivity index (χ1) is 10.9. The maximum absolute atomic E-state index is 12.2. The van der Waals surface area contributed by atoms with E-state index in [4.69, 9.17) is 11.6 Å². The molecule has 1 fully saturated rings. The molecule has 0 N–H and O–H groups in total. The predicted octanol–water partition coefficient (Wildman–Crippen LogP) is 1.81. The number of halogens is 1. The largest absolute Gasteiger partial charge is 0.340 e. The summed E-state index contributed by atoms with van der Waals surface area (Å²) < 4.78 is 24.4. The number of piperazine rings is 1. The molecule has 0 unspecified atom stereocenters. The van der Waals surface area contributed by atoms with E-state index in [1.165, 1.54) is 0 Å². The number of benzene rings is 1. The number of hydrogen-bond donors (Lipinski definition) is 0. The highest BCUT2D eigenvalue weighted by Gasteiger charge is 2.22. The number of hydrogen-bond acceptors (Lipinski definition) is 4. The molecule has 0 atom stereocenters. The second-order valence-corrected chi connectivity index (χ2v) is 8.34. The summed E-state index contributed by atoms with van der Waals surface area (Å²) >= 11 is 6.00. The zero-order valence-electron chi connectivity index (χ0n) is 13.4. The van der Waals surface area contributed by atoms with E-state index in [0.29, 0.717) is 23.7 Å². The number of rotatable bonds is 6. The SMILES string of the molecule is CCN1CCN(C(=O)CCS(=O)(=O)Cc2ccccc2Cl)CC1. The van der Waals surface area contributed by atoms with Gasteiger partial charge in [-0.3, -0.25) is 4.79 Å². The Bertz CT molecular complexity index is 640. The summed E-state index contributed by atoms with van der Waals surface area (Å²) in [5.41, 5.74) is 0.582. The van der Waals surface area contributed by atoms with Crippen LogP contribution in [-0.2, 0) is 20.4 Å². The van der Waals surface area contributed by atoms with E-state index in [1.54, 1.807) is 29.2 Å². The maximum Gasteiger partial charge on any atom is 0.223 e. The standard InChI is InChI=1S/C16H23ClN2O3S/c1-2-18-8-10-19(11-9-18)16(20)7-12-23(21,22)13-14-5-3-4-6-15(14)17/h3-6H,2,7-13H2,1H3. The number of amides is 1. The minimum Gasteiger partial charge on any atom is -0.340 e. The first-order valence-corrected chi connectivity index (χ1v) is 10.0. The van der Waals surface area contributed by atoms with Crippen LogP contribution >= 0.6 is 11.6 Å². The Morgan fingerprint density at radius 2 is 1.83 bits per heavy atom. The fourth-order valence-electron chi connectivity index (χ4n) is 2.64. The minimum absolute atomic E-state index is 0.0406. The lowest BCUT2D eigenvalue weighted by atomic mass is 10.2. The molecule has 5 nitrogen and oxygen atoms in total. The van der Waals surface area contributed by atoms with Crippen LogP contribution in [0.1, 0.15) is 18.9 Å². The van der Waals surface area contributed by atoms with Gasteiger partial charge in [0, 0.05) is 37.6 Å². The van der Waals surface area contributed by atoms with Gasteiger partial charge < -0.3 is 9.80 Å². The van der Waals surface area contributed by atoms with Crippen molar-refractivity contribution < 1.29 is 13.2 Å². The van der Waals surface area contributed by atoms with E-state index in [9.17, 15) is 13.2 Å². The van der Waals surface area contributed by atoms with E-state index < -0.39 is 9.84 Å². The van der Waals surface area contributed by atoms with E-state index >= 15 is 0 Å². The Kier molecular flexibility index (Phi) is 6.44. The second-order valence-electron chi connectivity index (χ2n) is 5.75. The Morgan fingerprint density at radius 3 is 2.43 bits per heavy atom. The molecule has 0 saturated carbocycles. The molecule has 1 saturated heterocycles. The molecule has 1 aliphatic rings. The average molecular weight is 359 g/mol. The highest BCUT2D eigenvalue weighted by molar-refractivity contribution is 7.90. The zero-order valence-corrected chi connectivity index (χ0v) is 14.9. The van der Waals surface area contributed by atoms with Gasteiger partial charge in [-0.25, -0.2) is 8.42 Å². The van der Waals surface area contributed by atoms with Gasteiger partial charge in [0.1, 0.15) is 0 Å². The van der Waals surface area contributed by atoms with Crippen LogP contribution in [-0.4, -0.2) is 62.6 Å². The van der Waals surface area contributed by atoms with Gasteiger partial charge in [0.2, 0.25) is 5.91 Å². The summed E-state index contributed by atoms with van der Waals surface area (Å²) in [6.07, 6.45) is 0.0406. The van der Waals surface area contributed by atoms with Crippen molar-refractivity contribution in [3.05, 3.63) is 34.9 Å². The Hall–Kier alpha value is -1.11. The topological polar surface area (TPSA) is 57.7 Å².